The van der Waals surface area contributed by atoms with Crippen LogP contribution in [0.3, 0.4) is 0 Å². The molecule has 6 heteroatoms. The zero-order valence-electron chi connectivity index (χ0n) is 11.2. The average molecular weight is 282 g/mol. The van der Waals surface area contributed by atoms with Crippen LogP contribution >= 0.6 is 11.3 Å². The SMILES string of the molecule is OC1(CN2CCN(c3nccs3)CC2)CCCNC1. The summed E-state index contributed by atoms with van der Waals surface area (Å²) in [6, 6.07) is 0. The van der Waals surface area contributed by atoms with Crippen LogP contribution in [0.4, 0.5) is 5.13 Å². The highest BCUT2D eigenvalue weighted by molar-refractivity contribution is 7.13. The van der Waals surface area contributed by atoms with E-state index in [2.05, 4.69) is 20.1 Å². The molecule has 2 aliphatic heterocycles. The van der Waals surface area contributed by atoms with Gasteiger partial charge >= 0.3 is 0 Å². The quantitative estimate of drug-likeness (QED) is 0.839. The van der Waals surface area contributed by atoms with Crippen molar-refractivity contribution in [2.24, 2.45) is 0 Å². The van der Waals surface area contributed by atoms with Crippen LogP contribution in [0.25, 0.3) is 0 Å². The van der Waals surface area contributed by atoms with Crippen molar-refractivity contribution in [2.75, 3.05) is 50.7 Å². The van der Waals surface area contributed by atoms with Crippen LogP contribution in [0.5, 0.6) is 0 Å². The van der Waals surface area contributed by atoms with Gasteiger partial charge in [-0.1, -0.05) is 0 Å². The average Bonchev–Trinajstić information content (AvgIpc) is 2.94. The summed E-state index contributed by atoms with van der Waals surface area (Å²) in [6.45, 7) is 6.63. The second-order valence-corrected chi connectivity index (χ2v) is 6.46. The molecule has 0 aliphatic carbocycles. The lowest BCUT2D eigenvalue weighted by molar-refractivity contribution is -0.0164. The van der Waals surface area contributed by atoms with Gasteiger partial charge in [0, 0.05) is 50.8 Å². The lowest BCUT2D eigenvalue weighted by Gasteiger charge is -2.41. The zero-order valence-corrected chi connectivity index (χ0v) is 12.0. The fourth-order valence-corrected chi connectivity index (χ4v) is 3.67. The molecule has 5 nitrogen and oxygen atoms in total. The van der Waals surface area contributed by atoms with Crippen molar-refractivity contribution in [3.05, 3.63) is 11.6 Å². The van der Waals surface area contributed by atoms with Crippen molar-refractivity contribution in [3.63, 3.8) is 0 Å². The Bertz CT molecular complexity index is 383. The third kappa shape index (κ3) is 3.25. The topological polar surface area (TPSA) is 51.6 Å². The monoisotopic (exact) mass is 282 g/mol. The molecule has 2 saturated heterocycles. The van der Waals surface area contributed by atoms with Gasteiger partial charge in [0.15, 0.2) is 5.13 Å². The molecule has 2 fully saturated rings. The van der Waals surface area contributed by atoms with Crippen molar-refractivity contribution in [1.82, 2.24) is 15.2 Å². The first-order valence-electron chi connectivity index (χ1n) is 7.05. The first kappa shape index (κ1) is 13.3. The predicted octanol–water partition coefficient (Wildman–Crippen LogP) is 0.380. The van der Waals surface area contributed by atoms with Crippen LogP contribution in [0.2, 0.25) is 0 Å². The molecule has 0 amide bonds. The van der Waals surface area contributed by atoms with Gasteiger partial charge in [0.25, 0.3) is 0 Å². The molecule has 0 bridgehead atoms. The molecular formula is C13H22N4OS. The molecular weight excluding hydrogens is 260 g/mol. The van der Waals surface area contributed by atoms with Crippen molar-refractivity contribution >= 4 is 16.5 Å². The Hall–Kier alpha value is -0.690. The first-order chi connectivity index (χ1) is 9.25. The highest BCUT2D eigenvalue weighted by atomic mass is 32.1. The second-order valence-electron chi connectivity index (χ2n) is 5.58. The Kier molecular flexibility index (Phi) is 4.02. The number of nitrogens with zero attached hydrogens (tertiary/aromatic N) is 3. The van der Waals surface area contributed by atoms with Gasteiger partial charge in [0.1, 0.15) is 0 Å². The number of piperazine rings is 1. The molecule has 106 valence electrons. The second kappa shape index (κ2) is 5.75. The first-order valence-corrected chi connectivity index (χ1v) is 7.93. The third-order valence-corrected chi connectivity index (χ3v) is 4.86. The van der Waals surface area contributed by atoms with Crippen LogP contribution in [0, 0.1) is 0 Å². The molecule has 2 N–H and O–H groups in total. The molecule has 1 atom stereocenters. The number of hydrogen-bond donors (Lipinski definition) is 2. The van der Waals surface area contributed by atoms with E-state index in [0.717, 1.165) is 63.8 Å². The number of rotatable bonds is 3. The van der Waals surface area contributed by atoms with Crippen molar-refractivity contribution < 1.29 is 5.11 Å². The van der Waals surface area contributed by atoms with Crippen LogP contribution in [0.1, 0.15) is 12.8 Å². The number of aliphatic hydroxyl groups is 1. The number of nitrogens with one attached hydrogen (secondary N) is 1. The number of β-amino-alcohol motifs (C(OH)–C–C–N with tert-alkyl or cyclic N) is 1. The summed E-state index contributed by atoms with van der Waals surface area (Å²) in [6.07, 6.45) is 3.87. The summed E-state index contributed by atoms with van der Waals surface area (Å²) in [5.41, 5.74) is -0.526. The lowest BCUT2D eigenvalue weighted by atomic mass is 9.93. The molecule has 0 saturated carbocycles. The summed E-state index contributed by atoms with van der Waals surface area (Å²) in [7, 11) is 0. The summed E-state index contributed by atoms with van der Waals surface area (Å²) in [5.74, 6) is 0. The third-order valence-electron chi connectivity index (χ3n) is 4.03. The van der Waals surface area contributed by atoms with Crippen molar-refractivity contribution in [3.8, 4) is 0 Å². The normalized spacial score (nSPS) is 29.6. The molecule has 1 unspecified atom stereocenters. The summed E-state index contributed by atoms with van der Waals surface area (Å²) in [4.78, 5) is 9.08. The van der Waals surface area contributed by atoms with E-state index in [1.807, 2.05) is 11.6 Å². The Morgan fingerprint density at radius 3 is 2.84 bits per heavy atom. The largest absolute Gasteiger partial charge is 0.387 e. The fourth-order valence-electron chi connectivity index (χ4n) is 2.97. The van der Waals surface area contributed by atoms with E-state index in [0.29, 0.717) is 0 Å². The highest BCUT2D eigenvalue weighted by Gasteiger charge is 2.32. The van der Waals surface area contributed by atoms with E-state index >= 15 is 0 Å². The number of anilines is 1. The van der Waals surface area contributed by atoms with Crippen molar-refractivity contribution in [2.45, 2.75) is 18.4 Å². The predicted molar refractivity (Wildman–Crippen MR) is 77.8 cm³/mol. The minimum Gasteiger partial charge on any atom is -0.387 e. The van der Waals surface area contributed by atoms with Gasteiger partial charge in [-0.25, -0.2) is 4.98 Å². The van der Waals surface area contributed by atoms with Gasteiger partial charge in [-0.15, -0.1) is 11.3 Å². The fraction of sp³-hybridized carbons (Fsp3) is 0.769. The molecule has 2 aliphatic rings. The van der Waals surface area contributed by atoms with E-state index in [-0.39, 0.29) is 0 Å². The van der Waals surface area contributed by atoms with Crippen molar-refractivity contribution in [1.29, 1.82) is 0 Å². The van der Waals surface area contributed by atoms with Gasteiger partial charge in [-0.2, -0.15) is 0 Å². The highest BCUT2D eigenvalue weighted by Crippen LogP contribution is 2.21. The van der Waals surface area contributed by atoms with E-state index < -0.39 is 5.60 Å². The van der Waals surface area contributed by atoms with Gasteiger partial charge in [0.05, 0.1) is 5.60 Å². The number of piperidine rings is 1. The molecule has 19 heavy (non-hydrogen) atoms. The molecule has 0 spiro atoms. The minimum absolute atomic E-state index is 0.526. The van der Waals surface area contributed by atoms with Gasteiger partial charge in [-0.3, -0.25) is 4.90 Å². The number of aromatic nitrogens is 1. The molecule has 0 aromatic carbocycles. The van der Waals surface area contributed by atoms with E-state index in [1.165, 1.54) is 0 Å². The molecule has 1 aromatic heterocycles. The zero-order chi connectivity index (χ0) is 13.1. The molecule has 0 radical (unpaired) electrons. The maximum absolute atomic E-state index is 10.5. The summed E-state index contributed by atoms with van der Waals surface area (Å²) in [5, 5.41) is 17.0. The smallest absolute Gasteiger partial charge is 0.185 e. The van der Waals surface area contributed by atoms with Gasteiger partial charge in [0.2, 0.25) is 0 Å². The van der Waals surface area contributed by atoms with Crippen LogP contribution in [0.15, 0.2) is 11.6 Å². The van der Waals surface area contributed by atoms with E-state index in [9.17, 15) is 5.11 Å². The maximum Gasteiger partial charge on any atom is 0.185 e. The van der Waals surface area contributed by atoms with E-state index in [4.69, 9.17) is 0 Å². The molecule has 3 rings (SSSR count). The summed E-state index contributed by atoms with van der Waals surface area (Å²) >= 11 is 1.70. The van der Waals surface area contributed by atoms with E-state index in [1.54, 1.807) is 11.3 Å². The number of hydrogen-bond acceptors (Lipinski definition) is 6. The Balaban J connectivity index is 1.50. The standard InChI is InChI=1S/C13H22N4OS/c18-13(2-1-3-14-10-13)11-16-5-7-17(8-6-16)12-15-4-9-19-12/h4,9,14,18H,1-3,5-8,10-11H2. The molecule has 1 aromatic rings. The van der Waals surface area contributed by atoms with Crippen LogP contribution in [-0.2, 0) is 0 Å². The Labute approximate surface area is 118 Å². The van der Waals surface area contributed by atoms with Crippen LogP contribution in [-0.4, -0.2) is 66.4 Å². The maximum atomic E-state index is 10.5. The van der Waals surface area contributed by atoms with Gasteiger partial charge in [-0.05, 0) is 19.4 Å². The number of thiazole rings is 1. The molecule has 3 heterocycles. The summed E-state index contributed by atoms with van der Waals surface area (Å²) < 4.78 is 0. The lowest BCUT2D eigenvalue weighted by Crippen LogP contribution is -2.56. The Morgan fingerprint density at radius 2 is 2.21 bits per heavy atom. The Morgan fingerprint density at radius 1 is 1.37 bits per heavy atom. The van der Waals surface area contributed by atoms with Crippen LogP contribution < -0.4 is 10.2 Å². The minimum atomic E-state index is -0.526. The van der Waals surface area contributed by atoms with Gasteiger partial charge < -0.3 is 15.3 Å².